The van der Waals surface area contributed by atoms with Crippen LogP contribution in [0.5, 0.6) is 0 Å². The van der Waals surface area contributed by atoms with E-state index in [1.807, 2.05) is 80.6 Å². The molecule has 1 fully saturated rings. The smallest absolute Gasteiger partial charge is 0.264 e. The third-order valence-electron chi connectivity index (χ3n) is 8.73. The van der Waals surface area contributed by atoms with Crippen molar-refractivity contribution in [3.8, 4) is 0 Å². The Labute approximate surface area is 287 Å². The van der Waals surface area contributed by atoms with E-state index in [4.69, 9.17) is 0 Å². The van der Waals surface area contributed by atoms with Crippen molar-refractivity contribution in [3.63, 3.8) is 0 Å². The Morgan fingerprint density at radius 1 is 0.830 bits per heavy atom. The predicted octanol–water partition coefficient (Wildman–Crippen LogP) is 7.35. The Bertz CT molecular complexity index is 1760. The highest BCUT2D eigenvalue weighted by molar-refractivity contribution is 9.10. The van der Waals surface area contributed by atoms with Gasteiger partial charge in [0.25, 0.3) is 10.0 Å². The number of halogens is 1. The third kappa shape index (κ3) is 8.90. The lowest BCUT2D eigenvalue weighted by molar-refractivity contribution is -0.140. The van der Waals surface area contributed by atoms with Gasteiger partial charge < -0.3 is 10.2 Å². The zero-order chi connectivity index (χ0) is 33.4. The van der Waals surface area contributed by atoms with E-state index in [1.54, 1.807) is 29.2 Å². The molecular formula is C38H42BrN3O4S. The highest BCUT2D eigenvalue weighted by Gasteiger charge is 2.35. The van der Waals surface area contributed by atoms with E-state index in [1.165, 1.54) is 16.4 Å². The molecule has 0 aromatic heterocycles. The molecule has 4 aromatic rings. The Morgan fingerprint density at radius 3 is 2.13 bits per heavy atom. The summed E-state index contributed by atoms with van der Waals surface area (Å²) >= 11 is 3.49. The number of rotatable bonds is 12. The first-order chi connectivity index (χ1) is 22.6. The van der Waals surface area contributed by atoms with Crippen molar-refractivity contribution in [1.29, 1.82) is 0 Å². The van der Waals surface area contributed by atoms with E-state index in [0.717, 1.165) is 58.8 Å². The van der Waals surface area contributed by atoms with Crippen LogP contribution in [0.2, 0.25) is 0 Å². The lowest BCUT2D eigenvalue weighted by Crippen LogP contribution is -2.55. The number of anilines is 1. The van der Waals surface area contributed by atoms with Crippen molar-refractivity contribution in [3.05, 3.63) is 130 Å². The molecule has 4 aromatic carbocycles. The van der Waals surface area contributed by atoms with E-state index in [-0.39, 0.29) is 29.8 Å². The second-order valence-corrected chi connectivity index (χ2v) is 15.1. The van der Waals surface area contributed by atoms with Crippen molar-refractivity contribution in [2.45, 2.75) is 75.9 Å². The molecule has 1 aliphatic carbocycles. The quantitative estimate of drug-likeness (QED) is 0.166. The molecule has 1 saturated carbocycles. The molecule has 1 aliphatic rings. The zero-order valence-electron chi connectivity index (χ0n) is 26.9. The van der Waals surface area contributed by atoms with Gasteiger partial charge in [0.05, 0.1) is 10.6 Å². The predicted molar refractivity (Wildman–Crippen MR) is 191 cm³/mol. The minimum Gasteiger partial charge on any atom is -0.352 e. The number of aryl methyl sites for hydroxylation is 2. The molecule has 5 rings (SSSR count). The van der Waals surface area contributed by atoms with Gasteiger partial charge in [0.2, 0.25) is 11.8 Å². The Balaban J connectivity index is 1.58. The van der Waals surface area contributed by atoms with Crippen LogP contribution in [0.1, 0.15) is 54.4 Å². The van der Waals surface area contributed by atoms with Crippen molar-refractivity contribution in [2.24, 2.45) is 0 Å². The highest BCUT2D eigenvalue weighted by Crippen LogP contribution is 2.29. The van der Waals surface area contributed by atoms with E-state index < -0.39 is 28.5 Å². The number of benzene rings is 4. The van der Waals surface area contributed by atoms with E-state index >= 15 is 0 Å². The van der Waals surface area contributed by atoms with E-state index in [2.05, 4.69) is 21.2 Å². The number of carbonyl (C=O) groups excluding carboxylic acids is 2. The maximum absolute atomic E-state index is 14.7. The number of hydrogen-bond acceptors (Lipinski definition) is 4. The molecule has 0 radical (unpaired) electrons. The highest BCUT2D eigenvalue weighted by atomic mass is 79.9. The summed E-state index contributed by atoms with van der Waals surface area (Å²) in [6.45, 7) is 3.39. The van der Waals surface area contributed by atoms with Crippen LogP contribution in [0, 0.1) is 13.8 Å². The molecule has 9 heteroatoms. The van der Waals surface area contributed by atoms with E-state index in [0.29, 0.717) is 5.69 Å². The molecule has 0 saturated heterocycles. The summed E-state index contributed by atoms with van der Waals surface area (Å²) in [5.74, 6) is -0.691. The Morgan fingerprint density at radius 2 is 1.47 bits per heavy atom. The Kier molecular flexibility index (Phi) is 11.5. The van der Waals surface area contributed by atoms with Crippen LogP contribution in [0.3, 0.4) is 0 Å². The second-order valence-electron chi connectivity index (χ2n) is 12.3. The molecule has 0 bridgehead atoms. The summed E-state index contributed by atoms with van der Waals surface area (Å²) in [6, 6.07) is 30.2. The van der Waals surface area contributed by atoms with Crippen LogP contribution in [-0.4, -0.2) is 43.8 Å². The monoisotopic (exact) mass is 715 g/mol. The first-order valence-corrected chi connectivity index (χ1v) is 18.4. The number of nitrogens with zero attached hydrogens (tertiary/aromatic N) is 2. The van der Waals surface area contributed by atoms with Crippen LogP contribution in [-0.2, 0) is 32.6 Å². The molecule has 7 nitrogen and oxygen atoms in total. The van der Waals surface area contributed by atoms with Crippen LogP contribution in [0.15, 0.2) is 112 Å². The van der Waals surface area contributed by atoms with Gasteiger partial charge in [-0.15, -0.1) is 0 Å². The van der Waals surface area contributed by atoms with Gasteiger partial charge in [0.1, 0.15) is 12.6 Å². The Hall–Kier alpha value is -3.95. The summed E-state index contributed by atoms with van der Waals surface area (Å²) < 4.78 is 30.6. The summed E-state index contributed by atoms with van der Waals surface area (Å²) in [4.78, 5) is 30.6. The lowest BCUT2D eigenvalue weighted by Gasteiger charge is -2.35. The summed E-state index contributed by atoms with van der Waals surface area (Å²) in [6.07, 6.45) is 5.35. The maximum atomic E-state index is 14.7. The van der Waals surface area contributed by atoms with Gasteiger partial charge in [-0.25, -0.2) is 8.42 Å². The molecule has 0 unspecified atom stereocenters. The molecule has 47 heavy (non-hydrogen) atoms. The SMILES string of the molecule is Cc1ccc(C)c(N(CC(=O)N(Cc2ccc(Br)cc2)[C@H](Cc2ccccc2)C(=O)NC2CCCCC2)S(=O)(=O)c2ccccc2)c1. The standard InChI is InChI=1S/C38H42BrN3O4S/c1-28-18-19-29(2)35(24-28)42(47(45,46)34-16-10-5-11-17-34)27-37(43)41(26-31-20-22-32(39)23-21-31)36(25-30-12-6-3-7-13-30)38(44)40-33-14-8-4-9-15-33/h3,5-7,10-13,16-24,33,36H,4,8-9,14-15,25-27H2,1-2H3,(H,40,44)/t36-/m1/s1. The van der Waals surface area contributed by atoms with Crippen LogP contribution in [0.25, 0.3) is 0 Å². The van der Waals surface area contributed by atoms with Gasteiger partial charge in [-0.05, 0) is 79.3 Å². The van der Waals surface area contributed by atoms with Crippen molar-refractivity contribution in [1.82, 2.24) is 10.2 Å². The fourth-order valence-corrected chi connectivity index (χ4v) is 7.86. The molecule has 0 heterocycles. The van der Waals surface area contributed by atoms with Crippen molar-refractivity contribution in [2.75, 3.05) is 10.8 Å². The molecular weight excluding hydrogens is 674 g/mol. The molecule has 0 aliphatic heterocycles. The molecule has 0 spiro atoms. The lowest BCUT2D eigenvalue weighted by atomic mass is 9.94. The minimum absolute atomic E-state index is 0.0454. The molecule has 2 amide bonds. The van der Waals surface area contributed by atoms with Gasteiger partial charge in [0.15, 0.2) is 0 Å². The summed E-state index contributed by atoms with van der Waals surface area (Å²) in [7, 11) is -4.15. The summed E-state index contributed by atoms with van der Waals surface area (Å²) in [5.41, 5.74) is 3.75. The zero-order valence-corrected chi connectivity index (χ0v) is 29.3. The summed E-state index contributed by atoms with van der Waals surface area (Å²) in [5, 5.41) is 3.25. The van der Waals surface area contributed by atoms with Crippen LogP contribution >= 0.6 is 15.9 Å². The number of sulfonamides is 1. The fraction of sp³-hybridized carbons (Fsp3) is 0.316. The average molecular weight is 717 g/mol. The molecule has 1 N–H and O–H groups in total. The maximum Gasteiger partial charge on any atom is 0.264 e. The van der Waals surface area contributed by atoms with Gasteiger partial charge in [-0.2, -0.15) is 0 Å². The number of amides is 2. The van der Waals surface area contributed by atoms with E-state index in [9.17, 15) is 18.0 Å². The van der Waals surface area contributed by atoms with Crippen molar-refractivity contribution >= 4 is 43.5 Å². The molecule has 246 valence electrons. The number of hydrogen-bond donors (Lipinski definition) is 1. The first-order valence-electron chi connectivity index (χ1n) is 16.1. The average Bonchev–Trinajstić information content (AvgIpc) is 3.08. The van der Waals surface area contributed by atoms with Gasteiger partial charge >= 0.3 is 0 Å². The minimum atomic E-state index is -4.15. The largest absolute Gasteiger partial charge is 0.352 e. The fourth-order valence-electron chi connectivity index (χ4n) is 6.11. The number of carbonyl (C=O) groups is 2. The normalized spacial score (nSPS) is 14.3. The number of nitrogens with one attached hydrogen (secondary N) is 1. The van der Waals surface area contributed by atoms with Gasteiger partial charge in [-0.3, -0.25) is 13.9 Å². The second kappa shape index (κ2) is 15.8. The third-order valence-corrected chi connectivity index (χ3v) is 11.0. The van der Waals surface area contributed by atoms with Gasteiger partial charge in [-0.1, -0.05) is 108 Å². The first kappa shape index (κ1) is 34.4. The topological polar surface area (TPSA) is 86.8 Å². The van der Waals surface area contributed by atoms with Crippen LogP contribution < -0.4 is 9.62 Å². The van der Waals surface area contributed by atoms with Crippen LogP contribution in [0.4, 0.5) is 5.69 Å². The molecule has 1 atom stereocenters. The van der Waals surface area contributed by atoms with Gasteiger partial charge in [0, 0.05) is 23.5 Å². The van der Waals surface area contributed by atoms with Crippen molar-refractivity contribution < 1.29 is 18.0 Å².